The van der Waals surface area contributed by atoms with E-state index in [1.807, 2.05) is 0 Å². The molecule has 1 N–H and O–H groups in total. The molecule has 0 spiro atoms. The van der Waals surface area contributed by atoms with Crippen LogP contribution in [0.5, 0.6) is 5.75 Å². The molecule has 2 amide bonds. The van der Waals surface area contributed by atoms with Crippen LogP contribution in [0.1, 0.15) is 54.3 Å². The van der Waals surface area contributed by atoms with Crippen molar-refractivity contribution < 1.29 is 23.1 Å². The lowest BCUT2D eigenvalue weighted by Crippen LogP contribution is -2.47. The van der Waals surface area contributed by atoms with Crippen LogP contribution in [0.15, 0.2) is 71.3 Å². The maximum absolute atomic E-state index is 13.7. The number of halogens is 1. The Morgan fingerprint density at radius 3 is 2.33 bits per heavy atom. The lowest BCUT2D eigenvalue weighted by Gasteiger charge is -2.33. The Morgan fingerprint density at radius 2 is 1.73 bits per heavy atom. The third-order valence-electron chi connectivity index (χ3n) is 5.95. The van der Waals surface area contributed by atoms with Crippen LogP contribution in [-0.4, -0.2) is 25.0 Å². The highest BCUT2D eigenvalue weighted by Gasteiger charge is 2.35. The SMILES string of the molecule is COc1ccc([C@@H](C(=O)NC2CCCCC2)N(C(=O)c2ccco2)c2ccc(F)cc2)cc1. The number of ether oxygens (including phenoxy) is 1. The van der Waals surface area contributed by atoms with Gasteiger partial charge in [0, 0.05) is 11.7 Å². The number of carbonyl (C=O) groups is 2. The summed E-state index contributed by atoms with van der Waals surface area (Å²) < 4.78 is 24.3. The van der Waals surface area contributed by atoms with E-state index >= 15 is 0 Å². The average molecular weight is 451 g/mol. The van der Waals surface area contributed by atoms with Gasteiger partial charge in [0.2, 0.25) is 5.91 Å². The third-order valence-corrected chi connectivity index (χ3v) is 5.95. The normalized spacial score (nSPS) is 15.0. The van der Waals surface area contributed by atoms with Crippen LogP contribution in [0.4, 0.5) is 10.1 Å². The van der Waals surface area contributed by atoms with Crippen molar-refractivity contribution in [2.45, 2.75) is 44.2 Å². The van der Waals surface area contributed by atoms with E-state index in [9.17, 15) is 14.0 Å². The number of anilines is 1. The molecule has 0 bridgehead atoms. The standard InChI is InChI=1S/C26H27FN2O4/c1-32-22-15-9-18(10-16-22)24(25(30)28-20-6-3-2-4-7-20)29(21-13-11-19(27)12-14-21)26(31)23-8-5-17-33-23/h5,8-17,20,24H,2-4,6-7H2,1H3,(H,28,30)/t24-/m0/s1. The van der Waals surface area contributed by atoms with Gasteiger partial charge in [-0.3, -0.25) is 14.5 Å². The second-order valence-corrected chi connectivity index (χ2v) is 8.15. The average Bonchev–Trinajstić information content (AvgIpc) is 3.39. The fourth-order valence-electron chi connectivity index (χ4n) is 4.24. The second-order valence-electron chi connectivity index (χ2n) is 8.15. The molecule has 0 unspecified atom stereocenters. The zero-order valence-corrected chi connectivity index (χ0v) is 18.5. The molecule has 1 aromatic heterocycles. The van der Waals surface area contributed by atoms with Gasteiger partial charge in [0.15, 0.2) is 5.76 Å². The van der Waals surface area contributed by atoms with E-state index in [4.69, 9.17) is 9.15 Å². The van der Waals surface area contributed by atoms with Crippen LogP contribution in [0.2, 0.25) is 0 Å². The summed E-state index contributed by atoms with van der Waals surface area (Å²) in [5.74, 6) is -0.501. The van der Waals surface area contributed by atoms with Crippen molar-refractivity contribution in [3.8, 4) is 5.75 Å². The van der Waals surface area contributed by atoms with Crippen molar-refractivity contribution in [1.82, 2.24) is 5.32 Å². The summed E-state index contributed by atoms with van der Waals surface area (Å²) in [7, 11) is 1.56. The molecule has 1 atom stereocenters. The van der Waals surface area contributed by atoms with Gasteiger partial charge in [-0.05, 0) is 66.9 Å². The number of nitrogens with zero attached hydrogens (tertiary/aromatic N) is 1. The van der Waals surface area contributed by atoms with Gasteiger partial charge < -0.3 is 14.5 Å². The predicted octanol–water partition coefficient (Wildman–Crippen LogP) is 5.26. The summed E-state index contributed by atoms with van der Waals surface area (Å²) in [6.07, 6.45) is 6.50. The molecule has 4 rings (SSSR count). The van der Waals surface area contributed by atoms with Crippen molar-refractivity contribution in [3.63, 3.8) is 0 Å². The Bertz CT molecular complexity index is 1060. The van der Waals surface area contributed by atoms with Crippen molar-refractivity contribution in [3.05, 3.63) is 84.1 Å². The summed E-state index contributed by atoms with van der Waals surface area (Å²) in [4.78, 5) is 28.6. The molecule has 6 nitrogen and oxygen atoms in total. The highest BCUT2D eigenvalue weighted by atomic mass is 19.1. The van der Waals surface area contributed by atoms with Crippen LogP contribution in [0.3, 0.4) is 0 Å². The number of hydrogen-bond acceptors (Lipinski definition) is 4. The molecule has 1 aliphatic carbocycles. The third kappa shape index (κ3) is 5.25. The molecule has 3 aromatic rings. The first-order valence-electron chi connectivity index (χ1n) is 11.1. The molecule has 1 saturated carbocycles. The van der Waals surface area contributed by atoms with E-state index in [-0.39, 0.29) is 17.7 Å². The van der Waals surface area contributed by atoms with Gasteiger partial charge >= 0.3 is 0 Å². The number of furan rings is 1. The maximum atomic E-state index is 13.7. The Hall–Kier alpha value is -3.61. The molecule has 0 aliphatic heterocycles. The fourth-order valence-corrected chi connectivity index (χ4v) is 4.24. The molecule has 7 heteroatoms. The van der Waals surface area contributed by atoms with Gasteiger partial charge in [0.1, 0.15) is 17.6 Å². The van der Waals surface area contributed by atoms with E-state index in [2.05, 4.69) is 5.32 Å². The molecule has 0 saturated heterocycles. The Morgan fingerprint density at radius 1 is 1.03 bits per heavy atom. The Labute approximate surface area is 192 Å². The number of amides is 2. The number of carbonyl (C=O) groups excluding carboxylic acids is 2. The van der Waals surface area contributed by atoms with Crippen LogP contribution in [0, 0.1) is 5.82 Å². The van der Waals surface area contributed by atoms with Gasteiger partial charge in [-0.1, -0.05) is 31.4 Å². The van der Waals surface area contributed by atoms with Gasteiger partial charge in [-0.25, -0.2) is 4.39 Å². The summed E-state index contributed by atoms with van der Waals surface area (Å²) in [5.41, 5.74) is 0.991. The fraction of sp³-hybridized carbons (Fsp3) is 0.308. The lowest BCUT2D eigenvalue weighted by molar-refractivity contribution is -0.123. The minimum absolute atomic E-state index is 0.0563. The van der Waals surface area contributed by atoms with Crippen LogP contribution >= 0.6 is 0 Å². The number of benzene rings is 2. The van der Waals surface area contributed by atoms with Crippen molar-refractivity contribution in [2.75, 3.05) is 12.0 Å². The van der Waals surface area contributed by atoms with E-state index in [0.717, 1.165) is 32.1 Å². The van der Waals surface area contributed by atoms with E-state index in [1.165, 1.54) is 35.4 Å². The van der Waals surface area contributed by atoms with Crippen molar-refractivity contribution in [1.29, 1.82) is 0 Å². The summed E-state index contributed by atoms with van der Waals surface area (Å²) in [6, 6.07) is 14.7. The zero-order valence-electron chi connectivity index (χ0n) is 18.5. The Balaban J connectivity index is 1.77. The van der Waals surface area contributed by atoms with E-state index < -0.39 is 17.8 Å². The minimum atomic E-state index is -0.985. The molecule has 2 aromatic carbocycles. The van der Waals surface area contributed by atoms with E-state index in [1.54, 1.807) is 43.5 Å². The van der Waals surface area contributed by atoms with Gasteiger partial charge in [0.25, 0.3) is 5.91 Å². The van der Waals surface area contributed by atoms with Gasteiger partial charge in [0.05, 0.1) is 13.4 Å². The van der Waals surface area contributed by atoms with Crippen LogP contribution < -0.4 is 15.0 Å². The number of methoxy groups -OCH3 is 1. The molecule has 172 valence electrons. The number of hydrogen-bond donors (Lipinski definition) is 1. The zero-order chi connectivity index (χ0) is 23.2. The highest BCUT2D eigenvalue weighted by molar-refractivity contribution is 6.08. The molecule has 1 aliphatic rings. The first-order valence-corrected chi connectivity index (χ1v) is 11.1. The molecule has 1 heterocycles. The predicted molar refractivity (Wildman–Crippen MR) is 123 cm³/mol. The second kappa shape index (κ2) is 10.3. The number of nitrogens with one attached hydrogen (secondary N) is 1. The van der Waals surface area contributed by atoms with Crippen molar-refractivity contribution in [2.24, 2.45) is 0 Å². The first-order chi connectivity index (χ1) is 16.1. The molecule has 0 radical (unpaired) electrons. The maximum Gasteiger partial charge on any atom is 0.294 e. The minimum Gasteiger partial charge on any atom is -0.497 e. The van der Waals surface area contributed by atoms with Crippen LogP contribution in [-0.2, 0) is 4.79 Å². The summed E-state index contributed by atoms with van der Waals surface area (Å²) >= 11 is 0. The molecule has 1 fully saturated rings. The van der Waals surface area contributed by atoms with Crippen LogP contribution in [0.25, 0.3) is 0 Å². The molecular formula is C26H27FN2O4. The smallest absolute Gasteiger partial charge is 0.294 e. The number of rotatable bonds is 7. The monoisotopic (exact) mass is 450 g/mol. The van der Waals surface area contributed by atoms with Gasteiger partial charge in [-0.2, -0.15) is 0 Å². The Kier molecular flexibility index (Phi) is 7.07. The summed E-state index contributed by atoms with van der Waals surface area (Å²) in [6.45, 7) is 0. The first kappa shape index (κ1) is 22.6. The van der Waals surface area contributed by atoms with Gasteiger partial charge in [-0.15, -0.1) is 0 Å². The van der Waals surface area contributed by atoms with E-state index in [0.29, 0.717) is 17.0 Å². The molecular weight excluding hydrogens is 423 g/mol. The molecule has 33 heavy (non-hydrogen) atoms. The highest BCUT2D eigenvalue weighted by Crippen LogP contribution is 2.32. The quantitative estimate of drug-likeness (QED) is 0.533. The van der Waals surface area contributed by atoms with Crippen molar-refractivity contribution >= 4 is 17.5 Å². The topological polar surface area (TPSA) is 71.8 Å². The summed E-state index contributed by atoms with van der Waals surface area (Å²) in [5, 5.41) is 3.14. The largest absolute Gasteiger partial charge is 0.497 e. The lowest BCUT2D eigenvalue weighted by atomic mass is 9.94.